The molecule has 4 nitrogen and oxygen atoms in total. The molecule has 0 atom stereocenters. The molecule has 1 aromatic rings. The van der Waals surface area contributed by atoms with Crippen LogP contribution < -0.4 is 9.47 Å². The molecule has 0 amide bonds. The van der Waals surface area contributed by atoms with E-state index < -0.39 is 5.79 Å². The largest absolute Gasteiger partial charge is 0.497 e. The molecule has 4 heteroatoms. The first-order valence-corrected chi connectivity index (χ1v) is 4.94. The van der Waals surface area contributed by atoms with Gasteiger partial charge in [-0.1, -0.05) is 0 Å². The lowest BCUT2D eigenvalue weighted by Gasteiger charge is -2.28. The first kappa shape index (κ1) is 12.8. The van der Waals surface area contributed by atoms with Crippen LogP contribution in [0.5, 0.6) is 11.5 Å². The molecular weight excluding hydrogens is 208 g/mol. The molecule has 1 rings (SSSR count). The molecule has 0 saturated heterocycles. The molecule has 0 radical (unpaired) electrons. The zero-order chi connectivity index (χ0) is 12.2. The van der Waals surface area contributed by atoms with E-state index in [9.17, 15) is 0 Å². The van der Waals surface area contributed by atoms with Gasteiger partial charge in [-0.3, -0.25) is 0 Å². The van der Waals surface area contributed by atoms with Crippen molar-refractivity contribution in [3.8, 4) is 11.5 Å². The van der Waals surface area contributed by atoms with Gasteiger partial charge in [-0.05, 0) is 25.1 Å². The molecule has 0 N–H and O–H groups in total. The van der Waals surface area contributed by atoms with Gasteiger partial charge in [0.1, 0.15) is 11.5 Å². The number of ether oxygens (including phenoxy) is 4. The number of hydrogen-bond donors (Lipinski definition) is 0. The smallest absolute Gasteiger partial charge is 0.195 e. The molecule has 90 valence electrons. The van der Waals surface area contributed by atoms with Gasteiger partial charge in [0.25, 0.3) is 0 Å². The molecule has 0 saturated carbocycles. The Labute approximate surface area is 96.1 Å². The van der Waals surface area contributed by atoms with E-state index >= 15 is 0 Å². The van der Waals surface area contributed by atoms with Crippen LogP contribution in [-0.4, -0.2) is 28.4 Å². The highest BCUT2D eigenvalue weighted by atomic mass is 16.7. The second-order valence-electron chi connectivity index (χ2n) is 3.42. The summed E-state index contributed by atoms with van der Waals surface area (Å²) >= 11 is 0. The Hall–Kier alpha value is -1.26. The normalized spacial score (nSPS) is 11.3. The van der Waals surface area contributed by atoms with Crippen molar-refractivity contribution in [3.05, 3.63) is 23.8 Å². The summed E-state index contributed by atoms with van der Waals surface area (Å²) in [7, 11) is 6.39. The van der Waals surface area contributed by atoms with Gasteiger partial charge in [-0.15, -0.1) is 0 Å². The molecular formula is C12H18O4. The standard InChI is InChI=1S/C12H18O4/c1-12(15-4,16-5)10-8-9(13-2)6-7-11(10)14-3/h6-8H,1-5H3. The Morgan fingerprint density at radius 2 is 1.56 bits per heavy atom. The van der Waals surface area contributed by atoms with Gasteiger partial charge in [-0.25, -0.2) is 0 Å². The molecule has 0 fully saturated rings. The van der Waals surface area contributed by atoms with Crippen molar-refractivity contribution in [2.24, 2.45) is 0 Å². The molecule has 0 aromatic heterocycles. The Balaban J connectivity index is 3.27. The highest BCUT2D eigenvalue weighted by molar-refractivity contribution is 5.42. The number of hydrogen-bond acceptors (Lipinski definition) is 4. The number of methoxy groups -OCH3 is 4. The van der Waals surface area contributed by atoms with Crippen molar-refractivity contribution < 1.29 is 18.9 Å². The maximum absolute atomic E-state index is 5.36. The minimum Gasteiger partial charge on any atom is -0.497 e. The van der Waals surface area contributed by atoms with Crippen LogP contribution in [0.15, 0.2) is 18.2 Å². The topological polar surface area (TPSA) is 36.9 Å². The van der Waals surface area contributed by atoms with Crippen LogP contribution in [-0.2, 0) is 15.3 Å². The Morgan fingerprint density at radius 3 is 2.00 bits per heavy atom. The van der Waals surface area contributed by atoms with E-state index in [-0.39, 0.29) is 0 Å². The summed E-state index contributed by atoms with van der Waals surface area (Å²) in [4.78, 5) is 0. The van der Waals surface area contributed by atoms with Gasteiger partial charge in [0.2, 0.25) is 0 Å². The van der Waals surface area contributed by atoms with E-state index in [1.165, 1.54) is 0 Å². The average Bonchev–Trinajstić information content (AvgIpc) is 2.37. The van der Waals surface area contributed by atoms with Gasteiger partial charge in [0, 0.05) is 14.2 Å². The lowest BCUT2D eigenvalue weighted by molar-refractivity contribution is -0.202. The fourth-order valence-corrected chi connectivity index (χ4v) is 1.47. The maximum Gasteiger partial charge on any atom is 0.195 e. The van der Waals surface area contributed by atoms with Crippen molar-refractivity contribution in [3.63, 3.8) is 0 Å². The quantitative estimate of drug-likeness (QED) is 0.721. The predicted octanol–water partition coefficient (Wildman–Crippen LogP) is 2.17. The second-order valence-corrected chi connectivity index (χ2v) is 3.42. The summed E-state index contributed by atoms with van der Waals surface area (Å²) in [5, 5.41) is 0. The molecule has 16 heavy (non-hydrogen) atoms. The van der Waals surface area contributed by atoms with Crippen LogP contribution in [0.3, 0.4) is 0 Å². The van der Waals surface area contributed by atoms with Crippen LogP contribution >= 0.6 is 0 Å². The SMILES string of the molecule is COc1ccc(OC)c(C(C)(OC)OC)c1. The third-order valence-electron chi connectivity index (χ3n) is 2.67. The first-order chi connectivity index (χ1) is 7.61. The zero-order valence-corrected chi connectivity index (χ0v) is 10.4. The van der Waals surface area contributed by atoms with Crippen molar-refractivity contribution in [1.82, 2.24) is 0 Å². The van der Waals surface area contributed by atoms with E-state index in [0.29, 0.717) is 5.75 Å². The lowest BCUT2D eigenvalue weighted by Crippen LogP contribution is -2.27. The van der Waals surface area contributed by atoms with Gasteiger partial charge in [0.05, 0.1) is 19.8 Å². The molecule has 0 spiro atoms. The van der Waals surface area contributed by atoms with E-state index in [0.717, 1.165) is 11.3 Å². The van der Waals surface area contributed by atoms with Crippen molar-refractivity contribution in [1.29, 1.82) is 0 Å². The summed E-state index contributed by atoms with van der Waals surface area (Å²) in [6.07, 6.45) is 0. The van der Waals surface area contributed by atoms with Crippen LogP contribution in [0.25, 0.3) is 0 Å². The molecule has 0 unspecified atom stereocenters. The third-order valence-corrected chi connectivity index (χ3v) is 2.67. The van der Waals surface area contributed by atoms with Crippen LogP contribution in [0.4, 0.5) is 0 Å². The minimum atomic E-state index is -0.847. The highest BCUT2D eigenvalue weighted by Crippen LogP contribution is 2.35. The van der Waals surface area contributed by atoms with Gasteiger partial charge >= 0.3 is 0 Å². The first-order valence-electron chi connectivity index (χ1n) is 4.94. The van der Waals surface area contributed by atoms with Gasteiger partial charge < -0.3 is 18.9 Å². The van der Waals surface area contributed by atoms with Crippen LogP contribution in [0.2, 0.25) is 0 Å². The molecule has 0 aliphatic carbocycles. The number of benzene rings is 1. The monoisotopic (exact) mass is 226 g/mol. The molecule has 0 aliphatic heterocycles. The molecule has 1 aromatic carbocycles. The zero-order valence-electron chi connectivity index (χ0n) is 10.4. The van der Waals surface area contributed by atoms with Gasteiger partial charge in [-0.2, -0.15) is 0 Å². The number of rotatable bonds is 5. The molecule has 0 aliphatic rings. The average molecular weight is 226 g/mol. The fourth-order valence-electron chi connectivity index (χ4n) is 1.47. The second kappa shape index (κ2) is 5.18. The van der Waals surface area contributed by atoms with E-state index in [2.05, 4.69) is 0 Å². The molecule has 0 bridgehead atoms. The Bertz CT molecular complexity index is 345. The van der Waals surface area contributed by atoms with Crippen molar-refractivity contribution >= 4 is 0 Å². The third kappa shape index (κ3) is 2.28. The van der Waals surface area contributed by atoms with Crippen molar-refractivity contribution in [2.75, 3.05) is 28.4 Å². The summed E-state index contributed by atoms with van der Waals surface area (Å²) in [6.45, 7) is 1.82. The summed E-state index contributed by atoms with van der Waals surface area (Å²) in [5.41, 5.74) is 0.791. The highest BCUT2D eigenvalue weighted by Gasteiger charge is 2.29. The van der Waals surface area contributed by atoms with E-state index in [1.54, 1.807) is 28.4 Å². The summed E-state index contributed by atoms with van der Waals surface area (Å²) in [6, 6.07) is 5.49. The van der Waals surface area contributed by atoms with Crippen molar-refractivity contribution in [2.45, 2.75) is 12.7 Å². The fraction of sp³-hybridized carbons (Fsp3) is 0.500. The van der Waals surface area contributed by atoms with Crippen LogP contribution in [0, 0.1) is 0 Å². The summed E-state index contributed by atoms with van der Waals surface area (Å²) in [5.74, 6) is 0.586. The lowest BCUT2D eigenvalue weighted by atomic mass is 10.1. The Kier molecular flexibility index (Phi) is 4.15. The predicted molar refractivity (Wildman–Crippen MR) is 60.9 cm³/mol. The van der Waals surface area contributed by atoms with Gasteiger partial charge in [0.15, 0.2) is 5.79 Å². The van der Waals surface area contributed by atoms with E-state index in [1.807, 2.05) is 25.1 Å². The molecule has 0 heterocycles. The van der Waals surface area contributed by atoms with E-state index in [4.69, 9.17) is 18.9 Å². The maximum atomic E-state index is 5.36. The Morgan fingerprint density at radius 1 is 0.938 bits per heavy atom. The minimum absolute atomic E-state index is 0.701. The summed E-state index contributed by atoms with van der Waals surface area (Å²) < 4.78 is 21.2. The van der Waals surface area contributed by atoms with Crippen LogP contribution in [0.1, 0.15) is 12.5 Å².